The molecule has 9 nitrogen and oxygen atoms in total. The minimum absolute atomic E-state index is 0.0379. The minimum Gasteiger partial charge on any atom is -0.317 e. The van der Waals surface area contributed by atoms with Gasteiger partial charge in [0.1, 0.15) is 20.8 Å². The van der Waals surface area contributed by atoms with E-state index in [9.17, 15) is 9.59 Å². The number of piperidine rings is 2. The van der Waals surface area contributed by atoms with Gasteiger partial charge in [0.05, 0.1) is 6.42 Å². The summed E-state index contributed by atoms with van der Waals surface area (Å²) < 4.78 is 0. The highest BCUT2D eigenvalue weighted by Crippen LogP contribution is 2.22. The highest BCUT2D eigenvalue weighted by molar-refractivity contribution is 7.15. The Bertz CT molecular complexity index is 846. The Morgan fingerprint density at radius 1 is 0.765 bits per heavy atom. The fourth-order valence-corrected chi connectivity index (χ4v) is 6.30. The van der Waals surface area contributed by atoms with Crippen LogP contribution in [0.15, 0.2) is 0 Å². The number of hydrogen-bond donors (Lipinski definition) is 3. The molecule has 4 rings (SSSR count). The predicted molar refractivity (Wildman–Crippen MR) is 134 cm³/mol. The molecule has 0 aromatic carbocycles. The molecule has 0 unspecified atom stereocenters. The summed E-state index contributed by atoms with van der Waals surface area (Å²) in [5.74, 6) is 1.30. The van der Waals surface area contributed by atoms with Crippen LogP contribution in [-0.2, 0) is 28.9 Å². The van der Waals surface area contributed by atoms with Crippen LogP contribution in [-0.4, -0.2) is 58.3 Å². The van der Waals surface area contributed by atoms with Crippen LogP contribution in [0.4, 0.5) is 5.13 Å². The first kappa shape index (κ1) is 25.3. The Morgan fingerprint density at radius 2 is 1.32 bits per heavy atom. The SMILES string of the molecule is O=C(Cc1nnc(CCCCc2nnc(NC(=O)CC3CCNCC3)s2)s1)CC1CCNCC1. The molecule has 3 N–H and O–H groups in total. The maximum absolute atomic E-state index is 12.4. The van der Waals surface area contributed by atoms with Gasteiger partial charge in [-0.2, -0.15) is 0 Å². The van der Waals surface area contributed by atoms with Crippen molar-refractivity contribution in [1.82, 2.24) is 31.0 Å². The molecule has 4 heterocycles. The Kier molecular flexibility index (Phi) is 9.90. The number of nitrogens with zero attached hydrogens (tertiary/aromatic N) is 4. The predicted octanol–water partition coefficient (Wildman–Crippen LogP) is 2.78. The van der Waals surface area contributed by atoms with Gasteiger partial charge in [0.25, 0.3) is 0 Å². The molecule has 0 atom stereocenters. The van der Waals surface area contributed by atoms with Gasteiger partial charge < -0.3 is 16.0 Å². The highest BCUT2D eigenvalue weighted by atomic mass is 32.1. The van der Waals surface area contributed by atoms with Gasteiger partial charge in [0, 0.05) is 25.7 Å². The number of amides is 1. The number of hydrogen-bond acceptors (Lipinski definition) is 10. The van der Waals surface area contributed by atoms with Crippen LogP contribution in [0.25, 0.3) is 0 Å². The van der Waals surface area contributed by atoms with E-state index in [0.717, 1.165) is 92.6 Å². The molecule has 1 amide bonds. The molecule has 186 valence electrons. The van der Waals surface area contributed by atoms with E-state index >= 15 is 0 Å². The van der Waals surface area contributed by atoms with Gasteiger partial charge in [0.15, 0.2) is 0 Å². The largest absolute Gasteiger partial charge is 0.317 e. The zero-order chi connectivity index (χ0) is 23.6. The number of carbonyl (C=O) groups excluding carboxylic acids is 2. The zero-order valence-corrected chi connectivity index (χ0v) is 21.3. The molecule has 2 aromatic rings. The van der Waals surface area contributed by atoms with Gasteiger partial charge in [-0.25, -0.2) is 0 Å². The van der Waals surface area contributed by atoms with E-state index in [-0.39, 0.29) is 11.7 Å². The molecule has 2 fully saturated rings. The number of aryl methyl sites for hydroxylation is 2. The Morgan fingerprint density at radius 3 is 2.00 bits per heavy atom. The number of nitrogens with one attached hydrogen (secondary N) is 3. The average Bonchev–Trinajstić information content (AvgIpc) is 3.47. The van der Waals surface area contributed by atoms with E-state index in [1.165, 1.54) is 11.3 Å². The van der Waals surface area contributed by atoms with Crippen LogP contribution in [0.3, 0.4) is 0 Å². The number of ketones is 1. The molecule has 0 radical (unpaired) electrons. The Hall–Kier alpha value is -1.82. The monoisotopic (exact) mass is 505 g/mol. The van der Waals surface area contributed by atoms with Crippen LogP contribution < -0.4 is 16.0 Å². The third kappa shape index (κ3) is 8.44. The maximum Gasteiger partial charge on any atom is 0.226 e. The van der Waals surface area contributed by atoms with Crippen molar-refractivity contribution in [2.24, 2.45) is 11.8 Å². The maximum atomic E-state index is 12.4. The molecular weight excluding hydrogens is 470 g/mol. The van der Waals surface area contributed by atoms with Crippen molar-refractivity contribution >= 4 is 39.5 Å². The van der Waals surface area contributed by atoms with E-state index in [1.807, 2.05) is 0 Å². The lowest BCUT2D eigenvalue weighted by Crippen LogP contribution is -2.30. The first-order valence-corrected chi connectivity index (χ1v) is 14.1. The third-order valence-corrected chi connectivity index (χ3v) is 8.39. The smallest absolute Gasteiger partial charge is 0.226 e. The van der Waals surface area contributed by atoms with E-state index < -0.39 is 0 Å². The first-order chi connectivity index (χ1) is 16.6. The summed E-state index contributed by atoms with van der Waals surface area (Å²) in [5, 5.41) is 29.8. The van der Waals surface area contributed by atoms with Crippen LogP contribution in [0.5, 0.6) is 0 Å². The fraction of sp³-hybridized carbons (Fsp3) is 0.739. The summed E-state index contributed by atoms with van der Waals surface area (Å²) in [7, 11) is 0. The minimum atomic E-state index is 0.0379. The molecule has 0 aliphatic carbocycles. The van der Waals surface area contributed by atoms with Crippen molar-refractivity contribution < 1.29 is 9.59 Å². The number of aromatic nitrogens is 4. The number of anilines is 1. The summed E-state index contributed by atoms with van der Waals surface area (Å²) in [6.45, 7) is 4.03. The van der Waals surface area contributed by atoms with Gasteiger partial charge in [0.2, 0.25) is 11.0 Å². The molecule has 2 aromatic heterocycles. The van der Waals surface area contributed by atoms with Gasteiger partial charge in [-0.1, -0.05) is 11.3 Å². The zero-order valence-electron chi connectivity index (χ0n) is 19.7. The number of rotatable bonds is 12. The lowest BCUT2D eigenvalue weighted by molar-refractivity contribution is -0.119. The molecule has 11 heteroatoms. The van der Waals surface area contributed by atoms with Crippen molar-refractivity contribution in [3.8, 4) is 0 Å². The second-order valence-electron chi connectivity index (χ2n) is 9.36. The molecule has 2 saturated heterocycles. The molecule has 2 aliphatic rings. The summed E-state index contributed by atoms with van der Waals surface area (Å²) in [6.07, 6.45) is 9.58. The lowest BCUT2D eigenvalue weighted by atomic mass is 9.92. The summed E-state index contributed by atoms with van der Waals surface area (Å²) >= 11 is 3.02. The lowest BCUT2D eigenvalue weighted by Gasteiger charge is -2.21. The van der Waals surface area contributed by atoms with Crippen LogP contribution in [0.2, 0.25) is 0 Å². The van der Waals surface area contributed by atoms with E-state index in [0.29, 0.717) is 36.2 Å². The molecule has 0 bridgehead atoms. The van der Waals surface area contributed by atoms with Crippen molar-refractivity contribution in [2.45, 2.75) is 70.6 Å². The van der Waals surface area contributed by atoms with Crippen LogP contribution in [0, 0.1) is 11.8 Å². The van der Waals surface area contributed by atoms with Gasteiger partial charge in [-0.15, -0.1) is 31.7 Å². The standard InChI is InChI=1S/C23H35N7O2S2/c31-18(13-16-5-9-24-10-6-16)15-22-29-27-20(33-22)3-1-2-4-21-28-30-23(34-21)26-19(32)14-17-7-11-25-12-8-17/h16-17,24-25H,1-15H2,(H,26,30,32). The second kappa shape index (κ2) is 13.3. The topological polar surface area (TPSA) is 122 Å². The third-order valence-electron chi connectivity index (χ3n) is 6.51. The number of Topliss-reactive ketones (excluding diaryl/α,β-unsaturated/α-hetero) is 1. The fourth-order valence-electron chi connectivity index (χ4n) is 4.59. The van der Waals surface area contributed by atoms with Crippen LogP contribution >= 0.6 is 22.7 Å². The first-order valence-electron chi connectivity index (χ1n) is 12.5. The van der Waals surface area contributed by atoms with Crippen molar-refractivity contribution in [3.05, 3.63) is 15.0 Å². The molecular formula is C23H35N7O2S2. The van der Waals surface area contributed by atoms with E-state index in [2.05, 4.69) is 36.3 Å². The average molecular weight is 506 g/mol. The molecule has 0 spiro atoms. The Labute approximate surface area is 208 Å². The molecule has 34 heavy (non-hydrogen) atoms. The summed E-state index contributed by atoms with van der Waals surface area (Å²) in [5.41, 5.74) is 0. The van der Waals surface area contributed by atoms with Crippen LogP contribution in [0.1, 0.15) is 66.4 Å². The van der Waals surface area contributed by atoms with Crippen molar-refractivity contribution in [2.75, 3.05) is 31.5 Å². The number of unbranched alkanes of at least 4 members (excludes halogenated alkanes) is 1. The van der Waals surface area contributed by atoms with Crippen molar-refractivity contribution in [1.29, 1.82) is 0 Å². The van der Waals surface area contributed by atoms with Crippen molar-refractivity contribution in [3.63, 3.8) is 0 Å². The normalized spacial score (nSPS) is 17.6. The summed E-state index contributed by atoms with van der Waals surface area (Å²) in [4.78, 5) is 24.6. The number of carbonyl (C=O) groups is 2. The quantitative estimate of drug-likeness (QED) is 0.377. The second-order valence-corrected chi connectivity index (χ2v) is 11.6. The Balaban J connectivity index is 1.11. The van der Waals surface area contributed by atoms with Gasteiger partial charge >= 0.3 is 0 Å². The highest BCUT2D eigenvalue weighted by Gasteiger charge is 2.19. The van der Waals surface area contributed by atoms with E-state index in [4.69, 9.17) is 0 Å². The van der Waals surface area contributed by atoms with Gasteiger partial charge in [-0.3, -0.25) is 9.59 Å². The van der Waals surface area contributed by atoms with E-state index in [1.54, 1.807) is 11.3 Å². The molecule has 0 saturated carbocycles. The van der Waals surface area contributed by atoms with Gasteiger partial charge in [-0.05, 0) is 76.5 Å². The molecule has 2 aliphatic heterocycles. The summed E-state index contributed by atoms with van der Waals surface area (Å²) in [6, 6.07) is 0.